The minimum absolute atomic E-state index is 0.0743. The van der Waals surface area contributed by atoms with Crippen molar-refractivity contribution in [3.05, 3.63) is 128 Å². The maximum absolute atomic E-state index is 14.1. The topological polar surface area (TPSA) is 119 Å². The van der Waals surface area contributed by atoms with E-state index in [0.29, 0.717) is 71.3 Å². The lowest BCUT2D eigenvalue weighted by Gasteiger charge is -2.28. The third-order valence-corrected chi connectivity index (χ3v) is 10.3. The Morgan fingerprint density at radius 1 is 0.643 bits per heavy atom. The quantitative estimate of drug-likeness (QED) is 0.189. The van der Waals surface area contributed by atoms with Crippen molar-refractivity contribution in [2.24, 2.45) is 0 Å². The van der Waals surface area contributed by atoms with Gasteiger partial charge in [0.2, 0.25) is 0 Å². The van der Waals surface area contributed by atoms with Gasteiger partial charge in [0.05, 0.1) is 59.5 Å². The molecule has 14 heteroatoms. The molecule has 0 bridgehead atoms. The molecule has 4 aromatic carbocycles. The molecule has 0 aliphatic carbocycles. The van der Waals surface area contributed by atoms with Crippen molar-refractivity contribution in [1.29, 1.82) is 0 Å². The number of fused-ring (bicyclic) bond motifs is 2. The van der Waals surface area contributed by atoms with Crippen LogP contribution in [0.25, 0.3) is 33.2 Å². The molecule has 2 aromatic heterocycles. The van der Waals surface area contributed by atoms with E-state index < -0.39 is 5.82 Å². The van der Waals surface area contributed by atoms with Crippen LogP contribution < -0.4 is 31.2 Å². The zero-order valence-corrected chi connectivity index (χ0v) is 33.2. The highest BCUT2D eigenvalue weighted by atomic mass is 79.9. The molecule has 6 aromatic rings. The van der Waals surface area contributed by atoms with Gasteiger partial charge in [-0.05, 0) is 68.4 Å². The van der Waals surface area contributed by atoms with E-state index >= 15 is 0 Å². The molecule has 2 fully saturated rings. The number of nitrogens with zero attached hydrogens (tertiary/aromatic N) is 6. The highest BCUT2D eigenvalue weighted by Gasteiger charge is 2.22. The van der Waals surface area contributed by atoms with Crippen LogP contribution in [-0.2, 0) is 13.1 Å². The summed E-state index contributed by atoms with van der Waals surface area (Å²) in [5.41, 5.74) is 2.17. The summed E-state index contributed by atoms with van der Waals surface area (Å²) in [5, 5.41) is 7.79. The van der Waals surface area contributed by atoms with E-state index in [4.69, 9.17) is 19.4 Å². The fourth-order valence-electron chi connectivity index (χ4n) is 7.09. The molecule has 12 nitrogen and oxygen atoms in total. The Balaban J connectivity index is 0.000000172. The third-order valence-electron chi connectivity index (χ3n) is 9.76. The van der Waals surface area contributed by atoms with Crippen LogP contribution in [0.5, 0.6) is 11.5 Å². The predicted molar refractivity (Wildman–Crippen MR) is 221 cm³/mol. The van der Waals surface area contributed by atoms with Gasteiger partial charge in [-0.1, -0.05) is 40.2 Å². The van der Waals surface area contributed by atoms with Crippen LogP contribution >= 0.6 is 15.9 Å². The minimum Gasteiger partial charge on any atom is -0.492 e. The first-order chi connectivity index (χ1) is 27.3. The number of para-hydroxylation sites is 2. The smallest absolute Gasteiger partial charge is 0.266 e. The zero-order valence-electron chi connectivity index (χ0n) is 31.6. The van der Waals surface area contributed by atoms with E-state index in [0.717, 1.165) is 68.2 Å². The van der Waals surface area contributed by atoms with Gasteiger partial charge in [-0.2, -0.15) is 0 Å². The van der Waals surface area contributed by atoms with Crippen molar-refractivity contribution in [2.45, 2.75) is 26.9 Å². The molecule has 0 unspecified atom stereocenters. The van der Waals surface area contributed by atoms with E-state index in [9.17, 15) is 14.0 Å². The van der Waals surface area contributed by atoms with E-state index in [1.807, 2.05) is 68.4 Å². The summed E-state index contributed by atoms with van der Waals surface area (Å²) in [4.78, 5) is 41.0. The normalized spacial score (nSPS) is 15.1. The molecule has 56 heavy (non-hydrogen) atoms. The summed E-state index contributed by atoms with van der Waals surface area (Å²) in [7, 11) is 0. The third kappa shape index (κ3) is 8.85. The number of rotatable bonds is 10. The molecule has 4 heterocycles. The number of hydrogen-bond donors (Lipinski definition) is 2. The molecule has 2 saturated heterocycles. The maximum Gasteiger partial charge on any atom is 0.266 e. The molecule has 8 rings (SSSR count). The first-order valence-electron chi connectivity index (χ1n) is 19.1. The zero-order chi connectivity index (χ0) is 39.0. The monoisotopic (exact) mass is 824 g/mol. The van der Waals surface area contributed by atoms with Crippen molar-refractivity contribution < 1.29 is 13.9 Å². The Kier molecular flexibility index (Phi) is 12.8. The first kappa shape index (κ1) is 39.3. The molecule has 0 saturated carbocycles. The molecule has 2 N–H and O–H groups in total. The lowest BCUT2D eigenvalue weighted by molar-refractivity contribution is 0.226. The van der Waals surface area contributed by atoms with Crippen molar-refractivity contribution in [2.75, 3.05) is 65.6 Å². The average molecular weight is 826 g/mol. The van der Waals surface area contributed by atoms with Crippen LogP contribution in [0.4, 0.5) is 4.39 Å². The number of halogens is 2. The molecule has 0 spiro atoms. The lowest BCUT2D eigenvalue weighted by atomic mass is 10.2. The van der Waals surface area contributed by atoms with Crippen LogP contribution in [0.15, 0.2) is 99.0 Å². The van der Waals surface area contributed by atoms with Crippen LogP contribution in [0, 0.1) is 5.82 Å². The maximum atomic E-state index is 14.1. The van der Waals surface area contributed by atoms with E-state index in [-0.39, 0.29) is 11.1 Å². The van der Waals surface area contributed by atoms with Gasteiger partial charge < -0.3 is 20.1 Å². The van der Waals surface area contributed by atoms with Gasteiger partial charge in [0.1, 0.15) is 29.0 Å². The second-order valence-corrected chi connectivity index (χ2v) is 14.4. The van der Waals surface area contributed by atoms with Crippen LogP contribution in [-0.4, -0.2) is 94.5 Å². The van der Waals surface area contributed by atoms with Crippen molar-refractivity contribution in [3.63, 3.8) is 0 Å². The number of hydrogen-bond acceptors (Lipinski definition) is 10. The van der Waals surface area contributed by atoms with Gasteiger partial charge in [0.25, 0.3) is 11.1 Å². The van der Waals surface area contributed by atoms with Crippen molar-refractivity contribution in [3.8, 4) is 22.9 Å². The van der Waals surface area contributed by atoms with Gasteiger partial charge >= 0.3 is 0 Å². The lowest BCUT2D eigenvalue weighted by Crippen LogP contribution is -2.44. The second kappa shape index (κ2) is 18.3. The van der Waals surface area contributed by atoms with Crippen molar-refractivity contribution in [1.82, 2.24) is 39.5 Å². The molecule has 0 radical (unpaired) electrons. The first-order valence-corrected chi connectivity index (χ1v) is 19.9. The molecular formula is C42H46BrFN8O4. The number of piperazine rings is 2. The number of nitrogens with one attached hydrogen (secondary N) is 2. The molecule has 292 valence electrons. The fourth-order valence-corrected chi connectivity index (χ4v) is 7.44. The van der Waals surface area contributed by atoms with Gasteiger partial charge in [0.15, 0.2) is 0 Å². The highest BCUT2D eigenvalue weighted by Crippen LogP contribution is 2.29. The number of ether oxygens (including phenoxy) is 2. The average Bonchev–Trinajstić information content (AvgIpc) is 3.21. The predicted octanol–water partition coefficient (Wildman–Crippen LogP) is 5.28. The SMILES string of the molecule is CCOc1ccc(Br)cc1-n1c(CN2CCNCC2)nc2ccccc2c1=O.CCOc1ccc(F)cc1-n1c(CN2CCNCC2)nc2ccccc2c1=O. The second-order valence-electron chi connectivity index (χ2n) is 13.5. The fraction of sp³-hybridized carbons (Fsp3) is 0.333. The summed E-state index contributed by atoms with van der Waals surface area (Å²) in [6.45, 7) is 13.1. The Bertz CT molecular complexity index is 2260. The van der Waals surface area contributed by atoms with Gasteiger partial charge in [-0.15, -0.1) is 0 Å². The largest absolute Gasteiger partial charge is 0.492 e. The highest BCUT2D eigenvalue weighted by molar-refractivity contribution is 9.10. The Labute approximate surface area is 333 Å². The van der Waals surface area contributed by atoms with Crippen LogP contribution in [0.1, 0.15) is 25.5 Å². The summed E-state index contributed by atoms with van der Waals surface area (Å²) in [6.07, 6.45) is 0. The standard InChI is InChI=1S/C21H23BrN4O2.C21H23FN4O2/c2*1-2-28-19-8-7-15(22)13-18(19)26-20(14-25-11-9-23-10-12-25)24-17-6-4-3-5-16(17)21(26)27/h2*3-8,13,23H,2,9-12,14H2,1H3. The van der Waals surface area contributed by atoms with Crippen molar-refractivity contribution >= 4 is 37.7 Å². The summed E-state index contributed by atoms with van der Waals surface area (Å²) < 4.78 is 29.7. The van der Waals surface area contributed by atoms with Crippen LogP contribution in [0.3, 0.4) is 0 Å². The number of benzene rings is 4. The molecule has 0 amide bonds. The van der Waals surface area contributed by atoms with Gasteiger partial charge in [0, 0.05) is 62.9 Å². The van der Waals surface area contributed by atoms with Gasteiger partial charge in [-0.25, -0.2) is 14.4 Å². The van der Waals surface area contributed by atoms with E-state index in [1.54, 1.807) is 22.8 Å². The minimum atomic E-state index is -0.424. The summed E-state index contributed by atoms with van der Waals surface area (Å²) >= 11 is 3.53. The summed E-state index contributed by atoms with van der Waals surface area (Å²) in [5.74, 6) is 2.02. The van der Waals surface area contributed by atoms with Crippen LogP contribution in [0.2, 0.25) is 0 Å². The molecular weight excluding hydrogens is 779 g/mol. The Morgan fingerprint density at radius 3 is 1.57 bits per heavy atom. The van der Waals surface area contributed by atoms with E-state index in [2.05, 4.69) is 36.4 Å². The Hall–Kier alpha value is -4.99. The summed E-state index contributed by atoms with van der Waals surface area (Å²) in [6, 6.07) is 24.7. The number of aromatic nitrogens is 4. The van der Waals surface area contributed by atoms with Gasteiger partial charge in [-0.3, -0.25) is 28.5 Å². The van der Waals surface area contributed by atoms with E-state index in [1.165, 1.54) is 16.7 Å². The molecule has 0 atom stereocenters. The molecule has 2 aliphatic rings. The molecule has 2 aliphatic heterocycles. The Morgan fingerprint density at radius 2 is 1.09 bits per heavy atom.